The first-order valence-electron chi connectivity index (χ1n) is 7.29. The van der Waals surface area contributed by atoms with E-state index in [1.807, 2.05) is 31.4 Å². The molecule has 7 heteroatoms. The molecule has 0 spiro atoms. The number of carbonyl (C=O) groups excluding carboxylic acids is 2. The van der Waals surface area contributed by atoms with Crippen LogP contribution >= 0.6 is 23.1 Å². The smallest absolute Gasteiger partial charge is 0.293 e. The lowest BCUT2D eigenvalue weighted by Crippen LogP contribution is -2.28. The van der Waals surface area contributed by atoms with Crippen molar-refractivity contribution in [2.24, 2.45) is 0 Å². The minimum atomic E-state index is -0.279. The van der Waals surface area contributed by atoms with Gasteiger partial charge in [0, 0.05) is 22.2 Å². The molecule has 124 valence electrons. The number of rotatable bonds is 4. The predicted octanol–water partition coefficient (Wildman–Crippen LogP) is 4.01. The number of amides is 2. The fourth-order valence-electron chi connectivity index (χ4n) is 2.52. The molecule has 1 saturated heterocycles. The van der Waals surface area contributed by atoms with Gasteiger partial charge in [-0.3, -0.25) is 19.5 Å². The molecule has 3 rings (SSSR count). The Bertz CT molecular complexity index is 829. The zero-order valence-electron chi connectivity index (χ0n) is 13.5. The van der Waals surface area contributed by atoms with Crippen molar-refractivity contribution in [1.29, 1.82) is 0 Å². The fourth-order valence-corrected chi connectivity index (χ4v) is 4.08. The average Bonchev–Trinajstić information content (AvgIpc) is 3.14. The van der Waals surface area contributed by atoms with Crippen molar-refractivity contribution in [2.45, 2.75) is 20.4 Å². The van der Waals surface area contributed by atoms with Crippen molar-refractivity contribution >= 4 is 40.3 Å². The molecule has 2 aromatic heterocycles. The van der Waals surface area contributed by atoms with Gasteiger partial charge in [-0.15, -0.1) is 11.3 Å². The molecule has 5 nitrogen and oxygen atoms in total. The maximum Gasteiger partial charge on any atom is 0.293 e. The molecule has 2 aromatic rings. The van der Waals surface area contributed by atoms with Crippen molar-refractivity contribution in [3.05, 3.63) is 50.3 Å². The third-order valence-electron chi connectivity index (χ3n) is 3.75. The van der Waals surface area contributed by atoms with Gasteiger partial charge in [-0.25, -0.2) is 0 Å². The maximum atomic E-state index is 12.5. The first kappa shape index (κ1) is 16.7. The number of aryl methyl sites for hydroxylation is 1. The van der Waals surface area contributed by atoms with Gasteiger partial charge in [0.2, 0.25) is 0 Å². The van der Waals surface area contributed by atoms with E-state index in [-0.39, 0.29) is 17.7 Å². The van der Waals surface area contributed by atoms with E-state index < -0.39 is 0 Å². The van der Waals surface area contributed by atoms with Crippen LogP contribution in [-0.2, 0) is 11.3 Å². The van der Waals surface area contributed by atoms with Crippen LogP contribution in [0.15, 0.2) is 28.6 Å². The molecule has 0 aromatic carbocycles. The van der Waals surface area contributed by atoms with Crippen molar-refractivity contribution in [2.75, 3.05) is 7.11 Å². The summed E-state index contributed by atoms with van der Waals surface area (Å²) in [5.74, 6) is 0.459. The molecule has 1 aliphatic rings. The van der Waals surface area contributed by atoms with Crippen molar-refractivity contribution in [3.63, 3.8) is 0 Å². The molecule has 0 bridgehead atoms. The number of imide groups is 1. The molecule has 0 aliphatic carbocycles. The number of thioether (sulfide) groups is 1. The summed E-state index contributed by atoms with van der Waals surface area (Å²) in [6, 6.07) is 3.82. The van der Waals surface area contributed by atoms with Crippen LogP contribution in [0.1, 0.15) is 21.7 Å². The average molecular weight is 360 g/mol. The molecule has 1 aliphatic heterocycles. The lowest BCUT2D eigenvalue weighted by molar-refractivity contribution is -0.123. The number of carbonyl (C=O) groups is 2. The Balaban J connectivity index is 1.86. The topological polar surface area (TPSA) is 59.5 Å². The molecular formula is C17H16N2O3S2. The van der Waals surface area contributed by atoms with Crippen LogP contribution in [0.4, 0.5) is 4.79 Å². The highest BCUT2D eigenvalue weighted by atomic mass is 32.2. The third-order valence-corrected chi connectivity index (χ3v) is 5.47. The lowest BCUT2D eigenvalue weighted by Gasteiger charge is -2.16. The molecule has 0 N–H and O–H groups in total. The number of ether oxygens (including phenoxy) is 1. The highest BCUT2D eigenvalue weighted by molar-refractivity contribution is 8.18. The van der Waals surface area contributed by atoms with Gasteiger partial charge < -0.3 is 4.74 Å². The molecule has 1 fully saturated rings. The summed E-state index contributed by atoms with van der Waals surface area (Å²) in [7, 11) is 1.60. The highest BCUT2D eigenvalue weighted by Crippen LogP contribution is 2.34. The van der Waals surface area contributed by atoms with Crippen molar-refractivity contribution < 1.29 is 14.3 Å². The molecule has 0 saturated carbocycles. The Hall–Kier alpha value is -2.12. The highest BCUT2D eigenvalue weighted by Gasteiger charge is 2.35. The van der Waals surface area contributed by atoms with E-state index in [4.69, 9.17) is 4.74 Å². The van der Waals surface area contributed by atoms with E-state index >= 15 is 0 Å². The largest absolute Gasteiger partial charge is 0.496 e. The Morgan fingerprint density at radius 1 is 1.33 bits per heavy atom. The standard InChI is InChI=1S/C17H16N2O3S2/c1-10-8-18-13(11(2)15(10)22-3)9-19-16(20)14(24-17(19)21)7-12-5-4-6-23-12/h4-8H,9H2,1-3H3. The summed E-state index contributed by atoms with van der Waals surface area (Å²) in [6.07, 6.45) is 3.45. The second-order valence-corrected chi connectivity index (χ2v) is 7.30. The summed E-state index contributed by atoms with van der Waals surface area (Å²) in [5.41, 5.74) is 2.43. The van der Waals surface area contributed by atoms with E-state index in [2.05, 4.69) is 4.98 Å². The normalized spacial score (nSPS) is 16.3. The van der Waals surface area contributed by atoms with Crippen LogP contribution in [0.5, 0.6) is 5.75 Å². The van der Waals surface area contributed by atoms with E-state index in [1.165, 1.54) is 16.2 Å². The maximum absolute atomic E-state index is 12.5. The number of hydrogen-bond donors (Lipinski definition) is 0. The summed E-state index contributed by atoms with van der Waals surface area (Å²) >= 11 is 2.49. The minimum Gasteiger partial charge on any atom is -0.496 e. The van der Waals surface area contributed by atoms with Crippen LogP contribution in [0, 0.1) is 13.8 Å². The molecule has 0 unspecified atom stereocenters. The lowest BCUT2D eigenvalue weighted by atomic mass is 10.1. The van der Waals surface area contributed by atoms with Gasteiger partial charge in [0.15, 0.2) is 0 Å². The zero-order valence-corrected chi connectivity index (χ0v) is 15.2. The Morgan fingerprint density at radius 2 is 2.12 bits per heavy atom. The first-order valence-corrected chi connectivity index (χ1v) is 8.99. The third kappa shape index (κ3) is 3.09. The SMILES string of the molecule is COc1c(C)cnc(CN2C(=O)SC(=Cc3cccs3)C2=O)c1C. The summed E-state index contributed by atoms with van der Waals surface area (Å²) in [5, 5.41) is 1.66. The molecule has 24 heavy (non-hydrogen) atoms. The van der Waals surface area contributed by atoms with Gasteiger partial charge in [-0.05, 0) is 43.1 Å². The number of methoxy groups -OCH3 is 1. The number of aromatic nitrogens is 1. The molecule has 0 atom stereocenters. The van der Waals surface area contributed by atoms with Gasteiger partial charge >= 0.3 is 0 Å². The van der Waals surface area contributed by atoms with Crippen LogP contribution in [0.3, 0.4) is 0 Å². The molecule has 0 radical (unpaired) electrons. The molecule has 2 amide bonds. The van der Waals surface area contributed by atoms with E-state index in [9.17, 15) is 9.59 Å². The van der Waals surface area contributed by atoms with Gasteiger partial charge in [0.05, 0.1) is 24.3 Å². The fraction of sp³-hybridized carbons (Fsp3) is 0.235. The summed E-state index contributed by atoms with van der Waals surface area (Å²) in [6.45, 7) is 3.94. The number of nitrogens with zero attached hydrogens (tertiary/aromatic N) is 2. The van der Waals surface area contributed by atoms with Crippen LogP contribution < -0.4 is 4.74 Å². The van der Waals surface area contributed by atoms with Gasteiger partial charge in [0.1, 0.15) is 5.75 Å². The first-order chi connectivity index (χ1) is 11.5. The van der Waals surface area contributed by atoms with Gasteiger partial charge in [0.25, 0.3) is 11.1 Å². The van der Waals surface area contributed by atoms with Crippen LogP contribution in [-0.4, -0.2) is 28.1 Å². The quantitative estimate of drug-likeness (QED) is 0.771. The Morgan fingerprint density at radius 3 is 2.79 bits per heavy atom. The Kier molecular flexibility index (Phi) is 4.73. The van der Waals surface area contributed by atoms with E-state index in [0.29, 0.717) is 10.6 Å². The zero-order chi connectivity index (χ0) is 17.3. The number of pyridine rings is 1. The minimum absolute atomic E-state index is 0.148. The Labute approximate surface area is 148 Å². The summed E-state index contributed by atoms with van der Waals surface area (Å²) < 4.78 is 5.38. The van der Waals surface area contributed by atoms with Gasteiger partial charge in [-0.1, -0.05) is 6.07 Å². The van der Waals surface area contributed by atoms with Crippen molar-refractivity contribution in [1.82, 2.24) is 9.88 Å². The van der Waals surface area contributed by atoms with Crippen LogP contribution in [0.2, 0.25) is 0 Å². The van der Waals surface area contributed by atoms with E-state index in [0.717, 1.165) is 33.5 Å². The molecule has 3 heterocycles. The monoisotopic (exact) mass is 360 g/mol. The van der Waals surface area contributed by atoms with Crippen molar-refractivity contribution in [3.8, 4) is 5.75 Å². The van der Waals surface area contributed by atoms with Gasteiger partial charge in [-0.2, -0.15) is 0 Å². The predicted molar refractivity (Wildman–Crippen MR) is 96.1 cm³/mol. The number of hydrogen-bond acceptors (Lipinski definition) is 6. The second kappa shape index (κ2) is 6.78. The second-order valence-electron chi connectivity index (χ2n) is 5.33. The van der Waals surface area contributed by atoms with Crippen LogP contribution in [0.25, 0.3) is 6.08 Å². The number of thiophene rings is 1. The van der Waals surface area contributed by atoms with E-state index in [1.54, 1.807) is 19.4 Å². The summed E-state index contributed by atoms with van der Waals surface area (Å²) in [4.78, 5) is 31.8. The molecular weight excluding hydrogens is 344 g/mol.